The normalized spacial score (nSPS) is 17.8. The smallest absolute Gasteiger partial charge is 0.184 e. The Morgan fingerprint density at radius 1 is 0.568 bits per heavy atom. The largest absolute Gasteiger partial charge is 0.494 e. The van der Waals surface area contributed by atoms with Crippen molar-refractivity contribution in [1.29, 1.82) is 0 Å². The van der Waals surface area contributed by atoms with Gasteiger partial charge < -0.3 is 18.9 Å². The van der Waals surface area contributed by atoms with Gasteiger partial charge in [0.2, 0.25) is 0 Å². The highest BCUT2D eigenvalue weighted by Gasteiger charge is 2.24. The van der Waals surface area contributed by atoms with Crippen LogP contribution in [0.5, 0.6) is 5.75 Å². The molecule has 4 heteroatoms. The van der Waals surface area contributed by atoms with Gasteiger partial charge in [0, 0.05) is 12.2 Å². The molecule has 1 aromatic carbocycles. The lowest BCUT2D eigenvalue weighted by molar-refractivity contribution is -0.230. The van der Waals surface area contributed by atoms with E-state index in [4.69, 9.17) is 18.9 Å². The summed E-state index contributed by atoms with van der Waals surface area (Å²) in [7, 11) is 0. The summed E-state index contributed by atoms with van der Waals surface area (Å²) < 4.78 is 23.7. The van der Waals surface area contributed by atoms with Crippen molar-refractivity contribution < 1.29 is 18.9 Å². The molecule has 0 bridgehead atoms. The first-order chi connectivity index (χ1) is 18.3. The fourth-order valence-electron chi connectivity index (χ4n) is 4.94. The van der Waals surface area contributed by atoms with Crippen molar-refractivity contribution in [3.63, 3.8) is 0 Å². The van der Waals surface area contributed by atoms with Gasteiger partial charge in [-0.25, -0.2) is 0 Å². The first kappa shape index (κ1) is 32.1. The highest BCUT2D eigenvalue weighted by molar-refractivity contribution is 5.28. The van der Waals surface area contributed by atoms with Crippen molar-refractivity contribution in [2.75, 3.05) is 26.4 Å². The van der Waals surface area contributed by atoms with E-state index in [9.17, 15) is 0 Å². The predicted octanol–water partition coefficient (Wildman–Crippen LogP) is 9.95. The van der Waals surface area contributed by atoms with E-state index >= 15 is 0 Å². The molecule has 4 nitrogen and oxygen atoms in total. The van der Waals surface area contributed by atoms with Gasteiger partial charge in [-0.3, -0.25) is 0 Å². The number of hydrogen-bond acceptors (Lipinski definition) is 4. The minimum atomic E-state index is -0.302. The van der Waals surface area contributed by atoms with E-state index in [0.717, 1.165) is 37.4 Å². The van der Waals surface area contributed by atoms with Crippen LogP contribution >= 0.6 is 0 Å². The highest BCUT2D eigenvalue weighted by atomic mass is 16.7. The van der Waals surface area contributed by atoms with Crippen LogP contribution in [0.3, 0.4) is 0 Å². The molecule has 1 fully saturated rings. The van der Waals surface area contributed by atoms with Crippen LogP contribution in [0.4, 0.5) is 0 Å². The topological polar surface area (TPSA) is 36.9 Å². The average Bonchev–Trinajstić information content (AvgIpc) is 2.93. The summed E-state index contributed by atoms with van der Waals surface area (Å²) in [6.45, 7) is 7.32. The number of hydrogen-bond donors (Lipinski definition) is 0. The maximum atomic E-state index is 6.00. The zero-order valence-electron chi connectivity index (χ0n) is 24.4. The van der Waals surface area contributed by atoms with Crippen LogP contribution in [0.2, 0.25) is 0 Å². The van der Waals surface area contributed by atoms with E-state index in [0.29, 0.717) is 13.2 Å². The number of ether oxygens (including phenoxy) is 4. The molecule has 0 aliphatic carbocycles. The summed E-state index contributed by atoms with van der Waals surface area (Å²) in [6, 6.07) is 8.14. The van der Waals surface area contributed by atoms with E-state index in [2.05, 4.69) is 13.8 Å². The van der Waals surface area contributed by atoms with E-state index in [1.807, 2.05) is 24.3 Å². The van der Waals surface area contributed by atoms with E-state index < -0.39 is 0 Å². The average molecular weight is 519 g/mol. The standard InChI is InChI=1S/C33H58O4/c1-3-5-7-9-10-11-12-13-14-15-16-17-19-21-27-35-32-28-36-33(37-29-32)30-22-24-31(25-23-30)34-26-20-18-8-6-4-2/h22-25,32-33H,3-21,26-29H2,1-2H3. The molecule has 0 amide bonds. The van der Waals surface area contributed by atoms with Gasteiger partial charge in [-0.1, -0.05) is 135 Å². The molecule has 0 radical (unpaired) electrons. The van der Waals surface area contributed by atoms with Gasteiger partial charge in [-0.2, -0.15) is 0 Å². The second kappa shape index (κ2) is 22.8. The second-order valence-electron chi connectivity index (χ2n) is 10.9. The Morgan fingerprint density at radius 3 is 1.49 bits per heavy atom. The SMILES string of the molecule is CCCCCCCCCCCCCCCCOC1COC(c2ccc(OCCCCCCC)cc2)OC1. The molecule has 1 heterocycles. The molecule has 0 unspecified atom stereocenters. The third-order valence-corrected chi connectivity index (χ3v) is 7.39. The van der Waals surface area contributed by atoms with Gasteiger partial charge in [0.1, 0.15) is 11.9 Å². The summed E-state index contributed by atoms with van der Waals surface area (Å²) in [5, 5.41) is 0. The van der Waals surface area contributed by atoms with E-state index in [1.165, 1.54) is 109 Å². The van der Waals surface area contributed by atoms with E-state index in [1.54, 1.807) is 0 Å². The molecular formula is C33H58O4. The Hall–Kier alpha value is -1.10. The fourth-order valence-corrected chi connectivity index (χ4v) is 4.94. The molecule has 0 N–H and O–H groups in total. The minimum absolute atomic E-state index is 0.0496. The van der Waals surface area contributed by atoms with Crippen LogP contribution in [-0.2, 0) is 14.2 Å². The summed E-state index contributed by atoms with van der Waals surface area (Å²) in [5.74, 6) is 0.921. The molecule has 1 aliphatic rings. The minimum Gasteiger partial charge on any atom is -0.494 e. The van der Waals surface area contributed by atoms with Crippen LogP contribution in [0.1, 0.15) is 148 Å². The van der Waals surface area contributed by atoms with Gasteiger partial charge >= 0.3 is 0 Å². The second-order valence-corrected chi connectivity index (χ2v) is 10.9. The van der Waals surface area contributed by atoms with Gasteiger partial charge in [0.05, 0.1) is 19.8 Å². The van der Waals surface area contributed by atoms with Crippen molar-refractivity contribution in [2.45, 2.75) is 148 Å². The number of unbranched alkanes of at least 4 members (excludes halogenated alkanes) is 17. The van der Waals surface area contributed by atoms with Gasteiger partial charge in [0.25, 0.3) is 0 Å². The molecule has 0 spiro atoms. The first-order valence-electron chi connectivity index (χ1n) is 15.9. The maximum absolute atomic E-state index is 6.00. The van der Waals surface area contributed by atoms with Gasteiger partial charge in [-0.15, -0.1) is 0 Å². The highest BCUT2D eigenvalue weighted by Crippen LogP contribution is 2.26. The summed E-state index contributed by atoms with van der Waals surface area (Å²) in [6.07, 6.45) is 25.3. The fraction of sp³-hybridized carbons (Fsp3) is 0.818. The molecule has 2 rings (SSSR count). The lowest BCUT2D eigenvalue weighted by Gasteiger charge is -2.29. The van der Waals surface area contributed by atoms with Crippen molar-refractivity contribution in [3.05, 3.63) is 29.8 Å². The Kier molecular flexibility index (Phi) is 19.8. The number of rotatable bonds is 24. The first-order valence-corrected chi connectivity index (χ1v) is 15.9. The van der Waals surface area contributed by atoms with Gasteiger partial charge in [0.15, 0.2) is 6.29 Å². The molecule has 1 aromatic rings. The van der Waals surface area contributed by atoms with Crippen molar-refractivity contribution in [1.82, 2.24) is 0 Å². The Morgan fingerprint density at radius 2 is 1.00 bits per heavy atom. The lowest BCUT2D eigenvalue weighted by Crippen LogP contribution is -2.33. The quantitative estimate of drug-likeness (QED) is 0.128. The zero-order valence-corrected chi connectivity index (χ0v) is 24.4. The van der Waals surface area contributed by atoms with Crippen molar-refractivity contribution >= 4 is 0 Å². The summed E-state index contributed by atoms with van der Waals surface area (Å²) in [4.78, 5) is 0. The molecule has 1 aliphatic heterocycles. The van der Waals surface area contributed by atoms with E-state index in [-0.39, 0.29) is 12.4 Å². The Labute approximate surface area is 229 Å². The van der Waals surface area contributed by atoms with Crippen molar-refractivity contribution in [3.8, 4) is 5.75 Å². The Balaban J connectivity index is 1.39. The molecule has 0 aromatic heterocycles. The van der Waals surface area contributed by atoms with Crippen LogP contribution in [-0.4, -0.2) is 32.5 Å². The van der Waals surface area contributed by atoms with Crippen LogP contribution in [0.25, 0.3) is 0 Å². The lowest BCUT2D eigenvalue weighted by atomic mass is 10.0. The molecule has 1 saturated heterocycles. The van der Waals surface area contributed by atoms with Crippen molar-refractivity contribution in [2.24, 2.45) is 0 Å². The zero-order chi connectivity index (χ0) is 26.2. The molecule has 214 valence electrons. The van der Waals surface area contributed by atoms with Gasteiger partial charge in [-0.05, 0) is 25.0 Å². The molecule has 0 saturated carbocycles. The van der Waals surface area contributed by atoms with Crippen LogP contribution in [0, 0.1) is 0 Å². The number of benzene rings is 1. The van der Waals surface area contributed by atoms with Crippen LogP contribution in [0.15, 0.2) is 24.3 Å². The van der Waals surface area contributed by atoms with Crippen LogP contribution < -0.4 is 4.74 Å². The maximum Gasteiger partial charge on any atom is 0.184 e. The Bertz CT molecular complexity index is 609. The third-order valence-electron chi connectivity index (χ3n) is 7.39. The summed E-state index contributed by atoms with van der Waals surface area (Å²) in [5.41, 5.74) is 1.04. The monoisotopic (exact) mass is 518 g/mol. The predicted molar refractivity (Wildman–Crippen MR) is 155 cm³/mol. The molecule has 0 atom stereocenters. The third kappa shape index (κ3) is 16.5. The summed E-state index contributed by atoms with van der Waals surface area (Å²) >= 11 is 0. The molecule has 37 heavy (non-hydrogen) atoms. The molecular weight excluding hydrogens is 460 g/mol.